The van der Waals surface area contributed by atoms with Gasteiger partial charge in [0.25, 0.3) is 5.91 Å². The summed E-state index contributed by atoms with van der Waals surface area (Å²) in [4.78, 5) is 24.2. The fourth-order valence-corrected chi connectivity index (χ4v) is 3.25. The number of carbonyl (C=O) groups excluding carboxylic acids is 1. The number of hydrogen-bond donors (Lipinski definition) is 1. The number of carbonyl (C=O) groups is 1. The highest BCUT2D eigenvalue weighted by Crippen LogP contribution is 2.29. The second-order valence-corrected chi connectivity index (χ2v) is 6.80. The van der Waals surface area contributed by atoms with Gasteiger partial charge in [0, 0.05) is 17.8 Å². The summed E-state index contributed by atoms with van der Waals surface area (Å²) >= 11 is 0. The molecule has 0 radical (unpaired) electrons. The number of pyridine rings is 1. The smallest absolute Gasteiger partial charge is 0.267 e. The SMILES string of the molecule is N#Cc1ncc(CCc2ccc3c(-c4ccc(F)cc4)cc(C(N)=O)nc3c2)cn1. The Kier molecular flexibility index (Phi) is 5.14. The van der Waals surface area contributed by atoms with Crippen LogP contribution in [-0.4, -0.2) is 20.9 Å². The third kappa shape index (κ3) is 3.98. The zero-order valence-corrected chi connectivity index (χ0v) is 15.8. The van der Waals surface area contributed by atoms with Crippen molar-refractivity contribution >= 4 is 16.8 Å². The summed E-state index contributed by atoms with van der Waals surface area (Å²) in [5, 5.41) is 9.63. The largest absolute Gasteiger partial charge is 0.364 e. The molecular formula is C23H16FN5O. The standard InChI is InChI=1S/C23H16FN5O/c24-17-6-4-16(5-7-17)19-10-21(23(26)30)29-20-9-14(3-8-18(19)20)1-2-15-12-27-22(11-25)28-13-15/h3-10,12-13H,1-2H2,(H2,26,30). The molecule has 0 saturated carbocycles. The van der Waals surface area contributed by atoms with E-state index in [1.165, 1.54) is 12.1 Å². The van der Waals surface area contributed by atoms with Gasteiger partial charge in [0.15, 0.2) is 0 Å². The number of rotatable bonds is 5. The molecule has 0 aliphatic carbocycles. The summed E-state index contributed by atoms with van der Waals surface area (Å²) in [6.45, 7) is 0. The van der Waals surface area contributed by atoms with E-state index in [2.05, 4.69) is 15.0 Å². The van der Waals surface area contributed by atoms with E-state index in [1.54, 1.807) is 30.6 Å². The number of halogens is 1. The molecule has 1 amide bonds. The minimum absolute atomic E-state index is 0.140. The molecule has 0 aliphatic heterocycles. The van der Waals surface area contributed by atoms with E-state index in [0.29, 0.717) is 18.4 Å². The molecule has 0 spiro atoms. The Morgan fingerprint density at radius 1 is 1.00 bits per heavy atom. The Bertz CT molecular complexity index is 1280. The lowest BCUT2D eigenvalue weighted by Crippen LogP contribution is -2.13. The molecular weight excluding hydrogens is 381 g/mol. The van der Waals surface area contributed by atoms with Gasteiger partial charge in [-0.1, -0.05) is 24.3 Å². The maximum atomic E-state index is 13.3. The summed E-state index contributed by atoms with van der Waals surface area (Å²) in [6.07, 6.45) is 4.68. The van der Waals surface area contributed by atoms with Crippen molar-refractivity contribution in [1.82, 2.24) is 15.0 Å². The maximum Gasteiger partial charge on any atom is 0.267 e. The number of nitrogens with two attached hydrogens (primary N) is 1. The number of aryl methyl sites for hydroxylation is 2. The first-order valence-electron chi connectivity index (χ1n) is 9.24. The third-order valence-electron chi connectivity index (χ3n) is 4.79. The van der Waals surface area contributed by atoms with Crippen molar-refractivity contribution in [2.45, 2.75) is 12.8 Å². The molecule has 6 nitrogen and oxygen atoms in total. The molecule has 2 heterocycles. The Balaban J connectivity index is 1.69. The van der Waals surface area contributed by atoms with Crippen LogP contribution in [0.1, 0.15) is 27.4 Å². The molecule has 0 fully saturated rings. The van der Waals surface area contributed by atoms with Crippen LogP contribution >= 0.6 is 0 Å². The molecule has 0 aliphatic rings. The molecule has 2 N–H and O–H groups in total. The van der Waals surface area contributed by atoms with Crippen LogP contribution in [0.25, 0.3) is 22.0 Å². The zero-order valence-electron chi connectivity index (χ0n) is 15.8. The van der Waals surface area contributed by atoms with Gasteiger partial charge in [0.1, 0.15) is 17.6 Å². The quantitative estimate of drug-likeness (QED) is 0.554. The molecule has 0 atom stereocenters. The monoisotopic (exact) mass is 397 g/mol. The van der Waals surface area contributed by atoms with Gasteiger partial charge in [-0.25, -0.2) is 19.3 Å². The van der Waals surface area contributed by atoms with Crippen molar-refractivity contribution in [2.24, 2.45) is 5.73 Å². The third-order valence-corrected chi connectivity index (χ3v) is 4.79. The molecule has 146 valence electrons. The van der Waals surface area contributed by atoms with E-state index >= 15 is 0 Å². The van der Waals surface area contributed by atoms with Gasteiger partial charge in [0.05, 0.1) is 5.52 Å². The van der Waals surface area contributed by atoms with Crippen LogP contribution in [0.2, 0.25) is 0 Å². The highest BCUT2D eigenvalue weighted by Gasteiger charge is 2.12. The van der Waals surface area contributed by atoms with Gasteiger partial charge in [-0.2, -0.15) is 5.26 Å². The molecule has 4 aromatic rings. The topological polar surface area (TPSA) is 106 Å². The Labute approximate surface area is 171 Å². The van der Waals surface area contributed by atoms with Crippen molar-refractivity contribution in [3.63, 3.8) is 0 Å². The molecule has 0 saturated heterocycles. The number of hydrogen-bond acceptors (Lipinski definition) is 5. The lowest BCUT2D eigenvalue weighted by Gasteiger charge is -2.10. The molecule has 0 bridgehead atoms. The van der Waals surface area contributed by atoms with E-state index in [9.17, 15) is 9.18 Å². The van der Waals surface area contributed by atoms with Crippen molar-refractivity contribution in [3.05, 3.63) is 89.4 Å². The fourth-order valence-electron chi connectivity index (χ4n) is 3.25. The van der Waals surface area contributed by atoms with E-state index in [-0.39, 0.29) is 17.3 Å². The Morgan fingerprint density at radius 3 is 2.37 bits per heavy atom. The first kappa shape index (κ1) is 19.2. The summed E-state index contributed by atoms with van der Waals surface area (Å²) in [7, 11) is 0. The zero-order chi connectivity index (χ0) is 21.1. The van der Waals surface area contributed by atoms with Gasteiger partial charge < -0.3 is 5.73 Å². The fraction of sp³-hybridized carbons (Fsp3) is 0.0870. The summed E-state index contributed by atoms with van der Waals surface area (Å²) < 4.78 is 13.3. The van der Waals surface area contributed by atoms with E-state index in [1.807, 2.05) is 24.3 Å². The summed E-state index contributed by atoms with van der Waals surface area (Å²) in [6, 6.07) is 15.4. The van der Waals surface area contributed by atoms with Gasteiger partial charge in [-0.15, -0.1) is 0 Å². The van der Waals surface area contributed by atoms with Crippen LogP contribution < -0.4 is 5.73 Å². The number of aromatic nitrogens is 3. The molecule has 2 aromatic heterocycles. The molecule has 0 unspecified atom stereocenters. The number of amides is 1. The Morgan fingerprint density at radius 2 is 1.70 bits per heavy atom. The summed E-state index contributed by atoms with van der Waals surface area (Å²) in [5.41, 5.74) is 9.74. The van der Waals surface area contributed by atoms with Crippen LogP contribution in [0, 0.1) is 17.1 Å². The lowest BCUT2D eigenvalue weighted by molar-refractivity contribution is 0.0996. The number of fused-ring (bicyclic) bond motifs is 1. The van der Waals surface area contributed by atoms with Crippen molar-refractivity contribution in [1.29, 1.82) is 5.26 Å². The number of nitriles is 1. The van der Waals surface area contributed by atoms with Crippen LogP contribution in [0.4, 0.5) is 4.39 Å². The van der Waals surface area contributed by atoms with Crippen LogP contribution in [0.3, 0.4) is 0 Å². The van der Waals surface area contributed by atoms with Crippen molar-refractivity contribution in [3.8, 4) is 17.2 Å². The minimum atomic E-state index is -0.625. The van der Waals surface area contributed by atoms with Crippen molar-refractivity contribution < 1.29 is 9.18 Å². The lowest BCUT2D eigenvalue weighted by atomic mass is 9.97. The van der Waals surface area contributed by atoms with Gasteiger partial charge >= 0.3 is 0 Å². The van der Waals surface area contributed by atoms with Crippen LogP contribution in [0.15, 0.2) is 60.9 Å². The molecule has 30 heavy (non-hydrogen) atoms. The number of primary amides is 1. The van der Waals surface area contributed by atoms with E-state index < -0.39 is 5.91 Å². The van der Waals surface area contributed by atoms with Crippen molar-refractivity contribution in [2.75, 3.05) is 0 Å². The van der Waals surface area contributed by atoms with Crippen LogP contribution in [-0.2, 0) is 12.8 Å². The highest BCUT2D eigenvalue weighted by atomic mass is 19.1. The number of benzene rings is 2. The molecule has 2 aromatic carbocycles. The molecule has 4 rings (SSSR count). The number of nitrogens with zero attached hydrogens (tertiary/aromatic N) is 4. The second kappa shape index (κ2) is 8.05. The maximum absolute atomic E-state index is 13.3. The van der Waals surface area contributed by atoms with Crippen LogP contribution in [0.5, 0.6) is 0 Å². The van der Waals surface area contributed by atoms with E-state index in [4.69, 9.17) is 11.0 Å². The first-order chi connectivity index (χ1) is 14.5. The predicted octanol–water partition coefficient (Wildman–Crippen LogP) is 3.59. The average Bonchev–Trinajstić information content (AvgIpc) is 2.77. The predicted molar refractivity (Wildman–Crippen MR) is 110 cm³/mol. The normalized spacial score (nSPS) is 10.7. The first-order valence-corrected chi connectivity index (χ1v) is 9.24. The van der Waals surface area contributed by atoms with E-state index in [0.717, 1.165) is 27.6 Å². The van der Waals surface area contributed by atoms with Gasteiger partial charge in [-0.05, 0) is 59.4 Å². The highest BCUT2D eigenvalue weighted by molar-refractivity contribution is 6.00. The van der Waals surface area contributed by atoms with Gasteiger partial charge in [0.2, 0.25) is 5.82 Å². The molecule has 7 heteroatoms. The average molecular weight is 397 g/mol. The second-order valence-electron chi connectivity index (χ2n) is 6.80. The Hall–Kier alpha value is -4.18. The minimum Gasteiger partial charge on any atom is -0.364 e. The van der Waals surface area contributed by atoms with Gasteiger partial charge in [-0.3, -0.25) is 4.79 Å². The summed E-state index contributed by atoms with van der Waals surface area (Å²) in [5.74, 6) is -0.817.